The van der Waals surface area contributed by atoms with E-state index < -0.39 is 0 Å². The van der Waals surface area contributed by atoms with E-state index in [0.29, 0.717) is 17.5 Å². The van der Waals surface area contributed by atoms with Crippen molar-refractivity contribution in [1.29, 1.82) is 0 Å². The lowest BCUT2D eigenvalue weighted by Gasteiger charge is -2.27. The van der Waals surface area contributed by atoms with Gasteiger partial charge in [-0.3, -0.25) is 4.57 Å². The molecule has 302 valence electrons. The average Bonchev–Trinajstić information content (AvgIpc) is 3.78. The molecule has 6 nitrogen and oxygen atoms in total. The highest BCUT2D eigenvalue weighted by atomic mass is 15.2. The zero-order chi connectivity index (χ0) is 42.7. The molecule has 0 saturated heterocycles. The van der Waals surface area contributed by atoms with E-state index in [9.17, 15) is 0 Å². The fraction of sp³-hybridized carbons (Fsp3) is 0. The molecule has 0 bridgehead atoms. The summed E-state index contributed by atoms with van der Waals surface area (Å²) >= 11 is 0. The normalized spacial score (nSPS) is 11.1. The van der Waals surface area contributed by atoms with Gasteiger partial charge in [0.2, 0.25) is 0 Å². The molecular formula is C58H40N6. The van der Waals surface area contributed by atoms with Gasteiger partial charge in [0.25, 0.3) is 0 Å². The zero-order valence-electron chi connectivity index (χ0n) is 34.8. The second kappa shape index (κ2) is 17.0. The molecule has 0 aliphatic heterocycles. The van der Waals surface area contributed by atoms with Crippen molar-refractivity contribution in [3.05, 3.63) is 243 Å². The van der Waals surface area contributed by atoms with Crippen molar-refractivity contribution in [2.75, 3.05) is 4.90 Å². The summed E-state index contributed by atoms with van der Waals surface area (Å²) in [5.41, 5.74) is 14.3. The summed E-state index contributed by atoms with van der Waals surface area (Å²) in [7, 11) is 0. The Morgan fingerprint density at radius 1 is 0.281 bits per heavy atom. The molecule has 64 heavy (non-hydrogen) atoms. The van der Waals surface area contributed by atoms with Gasteiger partial charge in [0.1, 0.15) is 5.82 Å². The predicted octanol–water partition coefficient (Wildman–Crippen LogP) is 14.7. The molecule has 0 aliphatic rings. The third kappa shape index (κ3) is 7.61. The summed E-state index contributed by atoms with van der Waals surface area (Å²) in [6.07, 6.45) is 0. The van der Waals surface area contributed by atoms with E-state index in [1.54, 1.807) is 0 Å². The third-order valence-electron chi connectivity index (χ3n) is 11.4. The molecule has 0 radical (unpaired) electrons. The van der Waals surface area contributed by atoms with Gasteiger partial charge < -0.3 is 4.90 Å². The maximum Gasteiger partial charge on any atom is 0.164 e. The van der Waals surface area contributed by atoms with Crippen LogP contribution in [0.2, 0.25) is 0 Å². The van der Waals surface area contributed by atoms with Gasteiger partial charge in [-0.2, -0.15) is 0 Å². The molecule has 11 rings (SSSR count). The minimum atomic E-state index is 0.589. The van der Waals surface area contributed by atoms with Crippen LogP contribution in [-0.2, 0) is 0 Å². The van der Waals surface area contributed by atoms with Crippen molar-refractivity contribution in [2.24, 2.45) is 0 Å². The van der Waals surface area contributed by atoms with Crippen molar-refractivity contribution in [3.8, 4) is 73.5 Å². The van der Waals surface area contributed by atoms with Crippen molar-refractivity contribution in [1.82, 2.24) is 24.5 Å². The summed E-state index contributed by atoms with van der Waals surface area (Å²) in [6.45, 7) is 0. The molecule has 0 unspecified atom stereocenters. The Hall–Kier alpha value is -8.74. The van der Waals surface area contributed by atoms with Gasteiger partial charge in [0, 0.05) is 45.0 Å². The standard InChI is InChI=1S/C58H40N6/c1-5-18-41(19-6-1)43-34-36-49(37-35-43)63(50-29-16-26-46(39-50)42-20-7-2-8-21-42)51-30-17-31-52(40-51)64-54-33-14-13-32-53(54)59-58(64)48-28-15-27-47(38-48)57-61-55(44-22-9-3-10-23-44)60-56(62-57)45-24-11-4-12-25-45/h1-40H. The fourth-order valence-electron chi connectivity index (χ4n) is 8.32. The molecule has 0 spiro atoms. The highest BCUT2D eigenvalue weighted by Crippen LogP contribution is 2.40. The first-order valence-electron chi connectivity index (χ1n) is 21.4. The molecule has 0 amide bonds. The number of hydrogen-bond acceptors (Lipinski definition) is 5. The number of para-hydroxylation sites is 2. The number of imidazole rings is 1. The first-order valence-corrected chi connectivity index (χ1v) is 21.4. The van der Waals surface area contributed by atoms with Crippen LogP contribution in [0, 0.1) is 0 Å². The minimum absolute atomic E-state index is 0.589. The monoisotopic (exact) mass is 820 g/mol. The SMILES string of the molecule is c1ccc(-c2ccc(N(c3cccc(-c4ccccc4)c3)c3cccc(-n4c(-c5cccc(-c6nc(-c7ccccc7)nc(-c7ccccc7)n6)c5)nc5ccccc54)c3)cc2)cc1. The topological polar surface area (TPSA) is 59.7 Å². The number of benzene rings is 9. The first kappa shape index (κ1) is 38.2. The van der Waals surface area contributed by atoms with Gasteiger partial charge in [-0.1, -0.05) is 182 Å². The van der Waals surface area contributed by atoms with Crippen molar-refractivity contribution < 1.29 is 0 Å². The van der Waals surface area contributed by atoms with Gasteiger partial charge in [-0.25, -0.2) is 19.9 Å². The second-order valence-corrected chi connectivity index (χ2v) is 15.6. The summed E-state index contributed by atoms with van der Waals surface area (Å²) in [5.74, 6) is 2.64. The van der Waals surface area contributed by atoms with Crippen molar-refractivity contribution in [3.63, 3.8) is 0 Å². The Kier molecular flexibility index (Phi) is 10.1. The maximum absolute atomic E-state index is 5.30. The molecule has 11 aromatic rings. The molecule has 0 aliphatic carbocycles. The van der Waals surface area contributed by atoms with E-state index in [1.165, 1.54) is 11.1 Å². The van der Waals surface area contributed by atoms with Gasteiger partial charge in [-0.15, -0.1) is 0 Å². The lowest BCUT2D eigenvalue weighted by molar-refractivity contribution is 1.07. The molecule has 0 saturated carbocycles. The highest BCUT2D eigenvalue weighted by molar-refractivity contribution is 5.86. The van der Waals surface area contributed by atoms with Crippen LogP contribution in [-0.4, -0.2) is 24.5 Å². The second-order valence-electron chi connectivity index (χ2n) is 15.6. The third-order valence-corrected chi connectivity index (χ3v) is 11.4. The van der Waals surface area contributed by atoms with Crippen LogP contribution in [0.3, 0.4) is 0 Å². The van der Waals surface area contributed by atoms with Crippen LogP contribution in [0.1, 0.15) is 0 Å². The minimum Gasteiger partial charge on any atom is -0.310 e. The van der Waals surface area contributed by atoms with Crippen LogP contribution in [0.15, 0.2) is 243 Å². The molecule has 9 aromatic carbocycles. The highest BCUT2D eigenvalue weighted by Gasteiger charge is 2.20. The predicted molar refractivity (Wildman–Crippen MR) is 262 cm³/mol. The number of hydrogen-bond donors (Lipinski definition) is 0. The molecule has 2 heterocycles. The average molecular weight is 821 g/mol. The Bertz CT molecular complexity index is 3310. The van der Waals surface area contributed by atoms with Gasteiger partial charge in [0.15, 0.2) is 17.5 Å². The van der Waals surface area contributed by atoms with E-state index in [2.05, 4.69) is 185 Å². The lowest BCUT2D eigenvalue weighted by Crippen LogP contribution is -2.11. The van der Waals surface area contributed by atoms with Gasteiger partial charge >= 0.3 is 0 Å². The molecule has 0 N–H and O–H groups in total. The van der Waals surface area contributed by atoms with E-state index >= 15 is 0 Å². The van der Waals surface area contributed by atoms with Crippen molar-refractivity contribution >= 4 is 28.1 Å². The summed E-state index contributed by atoms with van der Waals surface area (Å²) in [4.78, 5) is 22.6. The fourth-order valence-corrected chi connectivity index (χ4v) is 8.32. The quantitative estimate of drug-likeness (QED) is 0.138. The Morgan fingerprint density at radius 2 is 0.734 bits per heavy atom. The largest absolute Gasteiger partial charge is 0.310 e. The number of nitrogens with zero attached hydrogens (tertiary/aromatic N) is 6. The summed E-state index contributed by atoms with van der Waals surface area (Å²) < 4.78 is 2.26. The smallest absolute Gasteiger partial charge is 0.164 e. The summed E-state index contributed by atoms with van der Waals surface area (Å²) in [5, 5.41) is 0. The lowest BCUT2D eigenvalue weighted by atomic mass is 10.0. The first-order chi connectivity index (χ1) is 31.7. The molecule has 0 fully saturated rings. The van der Waals surface area contributed by atoms with Crippen molar-refractivity contribution in [2.45, 2.75) is 0 Å². The van der Waals surface area contributed by atoms with Gasteiger partial charge in [0.05, 0.1) is 11.0 Å². The Balaban J connectivity index is 1.04. The van der Waals surface area contributed by atoms with Crippen LogP contribution in [0.4, 0.5) is 17.1 Å². The Labute approximate surface area is 372 Å². The van der Waals surface area contributed by atoms with Gasteiger partial charge in [-0.05, 0) is 82.9 Å². The molecule has 0 atom stereocenters. The summed E-state index contributed by atoms with van der Waals surface area (Å²) in [6, 6.07) is 84.2. The van der Waals surface area contributed by atoms with E-state index in [1.807, 2.05) is 66.7 Å². The molecule has 6 heteroatoms. The number of fused-ring (bicyclic) bond motifs is 1. The van der Waals surface area contributed by atoms with E-state index in [4.69, 9.17) is 19.9 Å². The number of rotatable bonds is 10. The van der Waals surface area contributed by atoms with Crippen LogP contribution in [0.5, 0.6) is 0 Å². The maximum atomic E-state index is 5.30. The molecule has 2 aromatic heterocycles. The number of aromatic nitrogens is 5. The Morgan fingerprint density at radius 3 is 1.38 bits per heavy atom. The molecular weight excluding hydrogens is 781 g/mol. The van der Waals surface area contributed by atoms with Crippen LogP contribution < -0.4 is 4.90 Å². The van der Waals surface area contributed by atoms with Crippen LogP contribution >= 0.6 is 0 Å². The van der Waals surface area contributed by atoms with E-state index in [-0.39, 0.29) is 0 Å². The van der Waals surface area contributed by atoms with E-state index in [0.717, 1.165) is 73.0 Å². The number of anilines is 3. The van der Waals surface area contributed by atoms with Crippen LogP contribution in [0.25, 0.3) is 84.5 Å². The zero-order valence-corrected chi connectivity index (χ0v) is 34.8.